The number of rotatable bonds is 7. The van der Waals surface area contributed by atoms with E-state index in [4.69, 9.17) is 10.5 Å². The number of benzene rings is 1. The van der Waals surface area contributed by atoms with Crippen molar-refractivity contribution in [1.82, 2.24) is 5.32 Å². The molecule has 1 aromatic rings. The smallest absolute Gasteiger partial charge is 0.119 e. The molecular formula is C15H23BrN2O. The van der Waals surface area contributed by atoms with Crippen LogP contribution in [0, 0.1) is 11.8 Å². The van der Waals surface area contributed by atoms with Gasteiger partial charge in [0.2, 0.25) is 0 Å². The van der Waals surface area contributed by atoms with Crippen LogP contribution in [0.5, 0.6) is 5.75 Å². The van der Waals surface area contributed by atoms with Crippen LogP contribution in [-0.2, 0) is 0 Å². The van der Waals surface area contributed by atoms with Crippen molar-refractivity contribution in [2.45, 2.75) is 25.8 Å². The van der Waals surface area contributed by atoms with Crippen molar-refractivity contribution in [3.8, 4) is 5.75 Å². The van der Waals surface area contributed by atoms with Gasteiger partial charge in [-0.2, -0.15) is 0 Å². The molecule has 0 radical (unpaired) electrons. The van der Waals surface area contributed by atoms with Gasteiger partial charge in [0.05, 0.1) is 7.11 Å². The molecule has 3 N–H and O–H groups in total. The number of nitrogens with two attached hydrogens (primary N) is 1. The Labute approximate surface area is 124 Å². The van der Waals surface area contributed by atoms with Crippen LogP contribution >= 0.6 is 15.9 Å². The topological polar surface area (TPSA) is 47.3 Å². The van der Waals surface area contributed by atoms with E-state index in [0.29, 0.717) is 6.54 Å². The molecule has 1 fully saturated rings. The molecule has 19 heavy (non-hydrogen) atoms. The van der Waals surface area contributed by atoms with Gasteiger partial charge in [-0.05, 0) is 55.0 Å². The van der Waals surface area contributed by atoms with E-state index in [1.807, 2.05) is 12.1 Å². The Kier molecular flexibility index (Phi) is 5.25. The fourth-order valence-electron chi connectivity index (χ4n) is 2.40. The molecule has 0 amide bonds. The van der Waals surface area contributed by atoms with Crippen LogP contribution in [0.15, 0.2) is 22.7 Å². The number of hydrogen-bond donors (Lipinski definition) is 2. The minimum Gasteiger partial charge on any atom is -0.497 e. The molecule has 0 aliphatic heterocycles. The van der Waals surface area contributed by atoms with E-state index in [9.17, 15) is 0 Å². The first-order valence-electron chi connectivity index (χ1n) is 6.92. The molecule has 2 rings (SSSR count). The van der Waals surface area contributed by atoms with Gasteiger partial charge in [-0.15, -0.1) is 0 Å². The molecule has 106 valence electrons. The van der Waals surface area contributed by atoms with E-state index in [1.165, 1.54) is 18.4 Å². The molecule has 4 heteroatoms. The Bertz CT molecular complexity index is 421. The van der Waals surface area contributed by atoms with Crippen LogP contribution in [0.3, 0.4) is 0 Å². The van der Waals surface area contributed by atoms with Gasteiger partial charge in [0.25, 0.3) is 0 Å². The second-order valence-electron chi connectivity index (χ2n) is 5.40. The van der Waals surface area contributed by atoms with Crippen molar-refractivity contribution >= 4 is 15.9 Å². The summed E-state index contributed by atoms with van der Waals surface area (Å²) in [6, 6.07) is 6.19. The summed E-state index contributed by atoms with van der Waals surface area (Å²) in [5.74, 6) is 2.52. The van der Waals surface area contributed by atoms with E-state index in [0.717, 1.165) is 28.6 Å². The molecule has 2 unspecified atom stereocenters. The first-order valence-corrected chi connectivity index (χ1v) is 7.72. The Balaban J connectivity index is 2.02. The summed E-state index contributed by atoms with van der Waals surface area (Å²) in [6.45, 7) is 3.93. The maximum atomic E-state index is 5.92. The maximum Gasteiger partial charge on any atom is 0.119 e. The number of halogens is 1. The molecule has 2 atom stereocenters. The summed E-state index contributed by atoms with van der Waals surface area (Å²) in [5.41, 5.74) is 7.09. The number of methoxy groups -OCH3 is 1. The van der Waals surface area contributed by atoms with E-state index in [1.54, 1.807) is 7.11 Å². The highest BCUT2D eigenvalue weighted by Crippen LogP contribution is 2.36. The number of ether oxygens (including phenoxy) is 1. The molecule has 0 saturated heterocycles. The fourth-order valence-corrected chi connectivity index (χ4v) is 2.92. The summed E-state index contributed by atoms with van der Waals surface area (Å²) in [6.07, 6.45) is 2.78. The van der Waals surface area contributed by atoms with Crippen LogP contribution in [0.1, 0.15) is 31.4 Å². The van der Waals surface area contributed by atoms with Gasteiger partial charge in [-0.3, -0.25) is 0 Å². The van der Waals surface area contributed by atoms with Gasteiger partial charge in [0.1, 0.15) is 5.75 Å². The minimum atomic E-state index is 0.172. The van der Waals surface area contributed by atoms with Gasteiger partial charge in [0.15, 0.2) is 0 Å². The molecule has 1 aromatic carbocycles. The molecule has 0 bridgehead atoms. The molecule has 1 aliphatic rings. The predicted molar refractivity (Wildman–Crippen MR) is 82.4 cm³/mol. The van der Waals surface area contributed by atoms with Crippen molar-refractivity contribution < 1.29 is 4.74 Å². The highest BCUT2D eigenvalue weighted by atomic mass is 79.9. The van der Waals surface area contributed by atoms with Gasteiger partial charge in [0, 0.05) is 17.1 Å². The van der Waals surface area contributed by atoms with Crippen molar-refractivity contribution in [3.05, 3.63) is 28.2 Å². The molecule has 1 saturated carbocycles. The molecular weight excluding hydrogens is 304 g/mol. The lowest BCUT2D eigenvalue weighted by molar-refractivity contribution is 0.407. The van der Waals surface area contributed by atoms with Crippen molar-refractivity contribution in [2.75, 3.05) is 20.2 Å². The third-order valence-corrected chi connectivity index (χ3v) is 4.65. The normalized spacial score (nSPS) is 18.1. The van der Waals surface area contributed by atoms with Crippen molar-refractivity contribution in [2.24, 2.45) is 17.6 Å². The summed E-state index contributed by atoms with van der Waals surface area (Å²) in [4.78, 5) is 0. The number of hydrogen-bond acceptors (Lipinski definition) is 3. The monoisotopic (exact) mass is 326 g/mol. The Morgan fingerprint density at radius 3 is 2.79 bits per heavy atom. The highest BCUT2D eigenvalue weighted by Gasteiger charge is 2.28. The van der Waals surface area contributed by atoms with Crippen LogP contribution in [0.4, 0.5) is 0 Å². The van der Waals surface area contributed by atoms with Crippen LogP contribution < -0.4 is 15.8 Å². The van der Waals surface area contributed by atoms with Crippen molar-refractivity contribution in [1.29, 1.82) is 0 Å². The van der Waals surface area contributed by atoms with Gasteiger partial charge in [-0.25, -0.2) is 0 Å². The predicted octanol–water partition coefficient (Wildman–Crippen LogP) is 3.09. The van der Waals surface area contributed by atoms with Crippen LogP contribution in [0.2, 0.25) is 0 Å². The lowest BCUT2D eigenvalue weighted by Gasteiger charge is -2.21. The Morgan fingerprint density at radius 2 is 2.21 bits per heavy atom. The minimum absolute atomic E-state index is 0.172. The van der Waals surface area contributed by atoms with Crippen molar-refractivity contribution in [3.63, 3.8) is 0 Å². The zero-order valence-corrected chi connectivity index (χ0v) is 13.2. The van der Waals surface area contributed by atoms with E-state index < -0.39 is 0 Å². The van der Waals surface area contributed by atoms with E-state index in [2.05, 4.69) is 34.2 Å². The summed E-state index contributed by atoms with van der Waals surface area (Å²) in [7, 11) is 1.69. The first kappa shape index (κ1) is 14.8. The molecule has 0 spiro atoms. The molecule has 0 heterocycles. The first-order chi connectivity index (χ1) is 9.15. The van der Waals surface area contributed by atoms with Gasteiger partial charge >= 0.3 is 0 Å². The second kappa shape index (κ2) is 6.73. The average Bonchev–Trinajstić information content (AvgIpc) is 3.25. The largest absolute Gasteiger partial charge is 0.497 e. The van der Waals surface area contributed by atoms with Gasteiger partial charge < -0.3 is 15.8 Å². The average molecular weight is 327 g/mol. The maximum absolute atomic E-state index is 5.92. The third-order valence-electron chi connectivity index (χ3n) is 3.93. The van der Waals surface area contributed by atoms with Crippen LogP contribution in [-0.4, -0.2) is 20.2 Å². The SMILES string of the molecule is COc1ccc(Br)c(C(CN)NCC(C)C2CC2)c1. The summed E-state index contributed by atoms with van der Waals surface area (Å²) in [5, 5.41) is 3.59. The molecule has 0 aromatic heterocycles. The van der Waals surface area contributed by atoms with E-state index >= 15 is 0 Å². The quantitative estimate of drug-likeness (QED) is 0.809. The number of nitrogens with one attached hydrogen (secondary N) is 1. The van der Waals surface area contributed by atoms with Crippen LogP contribution in [0.25, 0.3) is 0 Å². The molecule has 1 aliphatic carbocycles. The summed E-state index contributed by atoms with van der Waals surface area (Å²) >= 11 is 3.60. The lowest BCUT2D eigenvalue weighted by atomic mass is 10.0. The standard InChI is InChI=1S/C15H23BrN2O/c1-10(11-3-4-11)9-18-15(8-17)13-7-12(19-2)5-6-14(13)16/h5-7,10-11,15,18H,3-4,8-9,17H2,1-2H3. The summed E-state index contributed by atoms with van der Waals surface area (Å²) < 4.78 is 6.37. The zero-order valence-electron chi connectivity index (χ0n) is 11.7. The lowest BCUT2D eigenvalue weighted by Crippen LogP contribution is -2.32. The Morgan fingerprint density at radius 1 is 1.47 bits per heavy atom. The third kappa shape index (κ3) is 3.94. The van der Waals surface area contributed by atoms with E-state index in [-0.39, 0.29) is 6.04 Å². The molecule has 3 nitrogen and oxygen atoms in total. The second-order valence-corrected chi connectivity index (χ2v) is 6.25. The van der Waals surface area contributed by atoms with Gasteiger partial charge in [-0.1, -0.05) is 22.9 Å². The fraction of sp³-hybridized carbons (Fsp3) is 0.600. The zero-order chi connectivity index (χ0) is 13.8. The highest BCUT2D eigenvalue weighted by molar-refractivity contribution is 9.10. The Hall–Kier alpha value is -0.580.